The molecule has 2 heterocycles. The smallest absolute Gasteiger partial charge is 0.269 e. The molecule has 0 radical (unpaired) electrons. The molecule has 1 aromatic heterocycles. The number of hydrogen-bond donors (Lipinski definition) is 0. The summed E-state index contributed by atoms with van der Waals surface area (Å²) >= 11 is 1.36. The number of ether oxygens (including phenoxy) is 2. The summed E-state index contributed by atoms with van der Waals surface area (Å²) in [5, 5.41) is 13.3. The first-order valence-electron chi connectivity index (χ1n) is 9.78. The Hall–Kier alpha value is -3.30. The summed E-state index contributed by atoms with van der Waals surface area (Å²) in [6.07, 6.45) is 0.610. The van der Waals surface area contributed by atoms with Crippen LogP contribution in [-0.4, -0.2) is 42.7 Å². The number of amides is 1. The normalized spacial score (nSPS) is 15.1. The summed E-state index contributed by atoms with van der Waals surface area (Å²) in [4.78, 5) is 30.1. The zero-order chi connectivity index (χ0) is 21.8. The van der Waals surface area contributed by atoms with E-state index in [1.807, 2.05) is 29.6 Å². The van der Waals surface area contributed by atoms with E-state index in [0.717, 1.165) is 16.9 Å². The van der Waals surface area contributed by atoms with Gasteiger partial charge in [-0.15, -0.1) is 11.3 Å². The van der Waals surface area contributed by atoms with Crippen LogP contribution in [0.1, 0.15) is 5.56 Å². The third-order valence-corrected chi connectivity index (χ3v) is 5.97. The third kappa shape index (κ3) is 4.57. The first-order chi connectivity index (χ1) is 15.1. The van der Waals surface area contributed by atoms with Crippen LogP contribution in [0.3, 0.4) is 0 Å². The number of carbonyl (C=O) groups is 1. The molecule has 0 bridgehead atoms. The molecule has 4 rings (SSSR count). The Labute approximate surface area is 183 Å². The molecule has 160 valence electrons. The number of nitrogens with zero attached hydrogens (tertiary/aromatic N) is 3. The monoisotopic (exact) mass is 439 g/mol. The minimum Gasteiger partial charge on any atom is -0.492 e. The molecule has 0 saturated heterocycles. The second-order valence-electron chi connectivity index (χ2n) is 7.12. The number of methoxy groups -OCH3 is 1. The van der Waals surface area contributed by atoms with Gasteiger partial charge in [0.25, 0.3) is 5.69 Å². The number of rotatable bonds is 7. The van der Waals surface area contributed by atoms with Crippen LogP contribution in [0.5, 0.6) is 5.75 Å². The van der Waals surface area contributed by atoms with E-state index >= 15 is 0 Å². The van der Waals surface area contributed by atoms with Crippen molar-refractivity contribution in [3.63, 3.8) is 0 Å². The lowest BCUT2D eigenvalue weighted by Crippen LogP contribution is -2.42. The molecule has 9 heteroatoms. The lowest BCUT2D eigenvalue weighted by molar-refractivity contribution is -0.384. The molecule has 31 heavy (non-hydrogen) atoms. The van der Waals surface area contributed by atoms with Gasteiger partial charge in [0.1, 0.15) is 12.4 Å². The molecular weight excluding hydrogens is 418 g/mol. The van der Waals surface area contributed by atoms with E-state index in [1.54, 1.807) is 24.1 Å². The van der Waals surface area contributed by atoms with Crippen LogP contribution in [0, 0.1) is 16.0 Å². The summed E-state index contributed by atoms with van der Waals surface area (Å²) in [5.74, 6) is 0.458. The zero-order valence-electron chi connectivity index (χ0n) is 16.9. The molecule has 0 spiro atoms. The van der Waals surface area contributed by atoms with Crippen molar-refractivity contribution in [1.29, 1.82) is 0 Å². The van der Waals surface area contributed by atoms with E-state index in [4.69, 9.17) is 9.47 Å². The van der Waals surface area contributed by atoms with Crippen LogP contribution in [0.15, 0.2) is 53.9 Å². The van der Waals surface area contributed by atoms with Crippen molar-refractivity contribution in [2.45, 2.75) is 6.42 Å². The van der Waals surface area contributed by atoms with E-state index in [9.17, 15) is 14.9 Å². The average molecular weight is 439 g/mol. The van der Waals surface area contributed by atoms with Gasteiger partial charge in [0.2, 0.25) is 5.91 Å². The van der Waals surface area contributed by atoms with Gasteiger partial charge < -0.3 is 9.47 Å². The number of nitro benzene ring substituents is 1. The van der Waals surface area contributed by atoms with E-state index in [1.165, 1.54) is 23.5 Å². The topological polar surface area (TPSA) is 94.8 Å². The number of nitro groups is 1. The van der Waals surface area contributed by atoms with Crippen LogP contribution >= 0.6 is 11.3 Å². The Morgan fingerprint density at radius 2 is 2.06 bits per heavy atom. The van der Waals surface area contributed by atoms with Crippen molar-refractivity contribution < 1.29 is 19.2 Å². The first kappa shape index (κ1) is 21.0. The van der Waals surface area contributed by atoms with Gasteiger partial charge in [-0.05, 0) is 30.2 Å². The van der Waals surface area contributed by atoms with Crippen LogP contribution in [-0.2, 0) is 16.0 Å². The van der Waals surface area contributed by atoms with Crippen molar-refractivity contribution in [3.8, 4) is 17.0 Å². The van der Waals surface area contributed by atoms with E-state index in [-0.39, 0.29) is 17.5 Å². The Morgan fingerprint density at radius 1 is 1.29 bits per heavy atom. The number of carbonyl (C=O) groups excluding carboxylic acids is 1. The van der Waals surface area contributed by atoms with Gasteiger partial charge in [0.05, 0.1) is 29.7 Å². The quantitative estimate of drug-likeness (QED) is 0.409. The Morgan fingerprint density at radius 3 is 2.81 bits per heavy atom. The summed E-state index contributed by atoms with van der Waals surface area (Å²) < 4.78 is 11.0. The van der Waals surface area contributed by atoms with E-state index in [0.29, 0.717) is 37.0 Å². The standard InChI is InChI=1S/C22H21N3O5S/c1-29-11-10-24(21(26)17-12-16-4-2-3-5-20(16)30-13-17)22-23-19(14-31-22)15-6-8-18(9-7-15)25(27)28/h2-9,14,17H,10-13H2,1H3. The number of thiazole rings is 1. The average Bonchev–Trinajstić information content (AvgIpc) is 3.29. The van der Waals surface area contributed by atoms with Gasteiger partial charge >= 0.3 is 0 Å². The Kier molecular flexibility index (Phi) is 6.24. The largest absolute Gasteiger partial charge is 0.492 e. The molecule has 1 aliphatic rings. The zero-order valence-corrected chi connectivity index (χ0v) is 17.7. The predicted octanol–water partition coefficient (Wildman–Crippen LogP) is 3.95. The van der Waals surface area contributed by atoms with Gasteiger partial charge in [-0.25, -0.2) is 4.98 Å². The fourth-order valence-electron chi connectivity index (χ4n) is 3.46. The van der Waals surface area contributed by atoms with Gasteiger partial charge in [-0.2, -0.15) is 0 Å². The molecule has 1 unspecified atom stereocenters. The summed E-state index contributed by atoms with van der Waals surface area (Å²) in [6.45, 7) is 1.07. The Bertz CT molecular complexity index is 1080. The third-order valence-electron chi connectivity index (χ3n) is 5.11. The van der Waals surface area contributed by atoms with E-state index in [2.05, 4.69) is 4.98 Å². The first-order valence-corrected chi connectivity index (χ1v) is 10.7. The molecule has 0 aliphatic carbocycles. The Balaban J connectivity index is 1.55. The summed E-state index contributed by atoms with van der Waals surface area (Å²) in [5.41, 5.74) is 2.45. The van der Waals surface area contributed by atoms with Crippen molar-refractivity contribution in [3.05, 3.63) is 69.6 Å². The van der Waals surface area contributed by atoms with Gasteiger partial charge in [-0.1, -0.05) is 18.2 Å². The van der Waals surface area contributed by atoms with Gasteiger partial charge in [0.15, 0.2) is 5.13 Å². The maximum absolute atomic E-state index is 13.4. The minimum absolute atomic E-state index is 0.0219. The molecule has 0 N–H and O–H groups in total. The number of fused-ring (bicyclic) bond motifs is 1. The second kappa shape index (κ2) is 9.23. The number of hydrogen-bond acceptors (Lipinski definition) is 7. The SMILES string of the molecule is COCCN(C(=O)C1COc2ccccc2C1)c1nc(-c2ccc([N+](=O)[O-])cc2)cs1. The highest BCUT2D eigenvalue weighted by molar-refractivity contribution is 7.14. The van der Waals surface area contributed by atoms with Crippen LogP contribution in [0.25, 0.3) is 11.3 Å². The van der Waals surface area contributed by atoms with E-state index < -0.39 is 4.92 Å². The van der Waals surface area contributed by atoms with Gasteiger partial charge in [-0.3, -0.25) is 19.8 Å². The predicted molar refractivity (Wildman–Crippen MR) is 118 cm³/mol. The highest BCUT2D eigenvalue weighted by atomic mass is 32.1. The molecule has 1 atom stereocenters. The number of benzene rings is 2. The summed E-state index contributed by atoms with van der Waals surface area (Å²) in [6, 6.07) is 13.9. The number of aromatic nitrogens is 1. The molecule has 8 nitrogen and oxygen atoms in total. The summed E-state index contributed by atoms with van der Waals surface area (Å²) in [7, 11) is 1.59. The fourth-order valence-corrected chi connectivity index (χ4v) is 4.33. The number of para-hydroxylation sites is 1. The molecule has 2 aromatic carbocycles. The number of non-ortho nitro benzene ring substituents is 1. The van der Waals surface area contributed by atoms with Crippen molar-refractivity contribution in [2.75, 3.05) is 31.8 Å². The highest BCUT2D eigenvalue weighted by Crippen LogP contribution is 2.32. The molecule has 1 aliphatic heterocycles. The molecule has 1 amide bonds. The van der Waals surface area contributed by atoms with Crippen LogP contribution in [0.2, 0.25) is 0 Å². The molecular formula is C22H21N3O5S. The molecule has 0 saturated carbocycles. The lowest BCUT2D eigenvalue weighted by atomic mass is 9.95. The van der Waals surface area contributed by atoms with Crippen molar-refractivity contribution in [2.24, 2.45) is 5.92 Å². The molecule has 3 aromatic rings. The fraction of sp³-hybridized carbons (Fsp3) is 0.273. The lowest BCUT2D eigenvalue weighted by Gasteiger charge is -2.29. The second-order valence-corrected chi connectivity index (χ2v) is 7.96. The molecule has 0 fully saturated rings. The van der Waals surface area contributed by atoms with Crippen molar-refractivity contribution in [1.82, 2.24) is 4.98 Å². The van der Waals surface area contributed by atoms with Gasteiger partial charge in [0, 0.05) is 30.2 Å². The van der Waals surface area contributed by atoms with Crippen LogP contribution < -0.4 is 9.64 Å². The number of anilines is 1. The van der Waals surface area contributed by atoms with Crippen molar-refractivity contribution >= 4 is 28.1 Å². The van der Waals surface area contributed by atoms with Crippen LogP contribution in [0.4, 0.5) is 10.8 Å². The maximum Gasteiger partial charge on any atom is 0.269 e. The minimum atomic E-state index is -0.439. The highest BCUT2D eigenvalue weighted by Gasteiger charge is 2.31. The maximum atomic E-state index is 13.4.